The molecule has 1 unspecified atom stereocenters. The van der Waals surface area contributed by atoms with E-state index in [2.05, 4.69) is 16.9 Å². The molecular formula is C11H16N4O3. The molecule has 0 aliphatic carbocycles. The van der Waals surface area contributed by atoms with Crippen LogP contribution in [-0.2, 0) is 11.3 Å². The zero-order chi connectivity index (χ0) is 13.5. The lowest BCUT2D eigenvalue weighted by Crippen LogP contribution is -2.41. The molecule has 0 aliphatic rings. The first-order valence-electron chi connectivity index (χ1n) is 5.44. The van der Waals surface area contributed by atoms with E-state index in [9.17, 15) is 9.59 Å². The Hall–Kier alpha value is -2.15. The first kappa shape index (κ1) is 13.9. The zero-order valence-electron chi connectivity index (χ0n) is 9.87. The fourth-order valence-corrected chi connectivity index (χ4v) is 1.32. The van der Waals surface area contributed by atoms with Crippen LogP contribution in [0, 0.1) is 0 Å². The van der Waals surface area contributed by atoms with Crippen molar-refractivity contribution >= 4 is 11.9 Å². The molecule has 1 aromatic rings. The number of carbonyl (C=O) groups is 2. The number of aromatic nitrogens is 2. The van der Waals surface area contributed by atoms with Crippen LogP contribution in [0.3, 0.4) is 0 Å². The summed E-state index contributed by atoms with van der Waals surface area (Å²) in [4.78, 5) is 25.7. The number of carboxylic acids is 1. The van der Waals surface area contributed by atoms with Gasteiger partial charge in [0.25, 0.3) is 0 Å². The fraction of sp³-hybridized carbons (Fsp3) is 0.364. The molecule has 98 valence electrons. The molecule has 1 aromatic heterocycles. The molecule has 1 amide bonds. The molecule has 0 spiro atoms. The normalized spacial score (nSPS) is 11.8. The van der Waals surface area contributed by atoms with Crippen molar-refractivity contribution in [2.75, 3.05) is 6.54 Å². The molecule has 1 atom stereocenters. The van der Waals surface area contributed by atoms with Gasteiger partial charge >= 0.3 is 5.97 Å². The van der Waals surface area contributed by atoms with Crippen LogP contribution in [0.25, 0.3) is 0 Å². The topological polar surface area (TPSA) is 110 Å². The summed E-state index contributed by atoms with van der Waals surface area (Å²) < 4.78 is 1.59. The summed E-state index contributed by atoms with van der Waals surface area (Å²) >= 11 is 0. The van der Waals surface area contributed by atoms with Gasteiger partial charge in [-0.1, -0.05) is 6.08 Å². The predicted molar refractivity (Wildman–Crippen MR) is 65.0 cm³/mol. The molecule has 4 N–H and O–H groups in total. The molecule has 0 fully saturated rings. The molecule has 7 heteroatoms. The highest BCUT2D eigenvalue weighted by atomic mass is 16.4. The van der Waals surface area contributed by atoms with Gasteiger partial charge in [-0.25, -0.2) is 9.78 Å². The third-order valence-electron chi connectivity index (χ3n) is 2.28. The van der Waals surface area contributed by atoms with Gasteiger partial charge in [-0.15, -0.1) is 6.58 Å². The van der Waals surface area contributed by atoms with E-state index in [4.69, 9.17) is 10.8 Å². The van der Waals surface area contributed by atoms with Gasteiger partial charge in [0.05, 0.1) is 12.4 Å². The number of nitrogens with one attached hydrogen (secondary N) is 1. The molecule has 0 aliphatic heterocycles. The Labute approximate surface area is 104 Å². The number of carboxylic acid groups (broad SMARTS) is 1. The van der Waals surface area contributed by atoms with Crippen LogP contribution < -0.4 is 11.1 Å². The van der Waals surface area contributed by atoms with E-state index in [1.165, 1.54) is 12.5 Å². The Morgan fingerprint density at radius 3 is 2.94 bits per heavy atom. The van der Waals surface area contributed by atoms with Crippen LogP contribution in [0.5, 0.6) is 0 Å². The molecule has 7 nitrogen and oxygen atoms in total. The summed E-state index contributed by atoms with van der Waals surface area (Å²) in [6.07, 6.45) is 4.80. The largest absolute Gasteiger partial charge is 0.476 e. The predicted octanol–water partition coefficient (Wildman–Crippen LogP) is -0.399. The lowest BCUT2D eigenvalue weighted by molar-refractivity contribution is -0.122. The second-order valence-electron chi connectivity index (χ2n) is 3.72. The molecule has 0 saturated heterocycles. The molecule has 0 radical (unpaired) electrons. The average molecular weight is 252 g/mol. The van der Waals surface area contributed by atoms with Crippen LogP contribution >= 0.6 is 0 Å². The van der Waals surface area contributed by atoms with Crippen molar-refractivity contribution in [3.8, 4) is 0 Å². The van der Waals surface area contributed by atoms with Crippen molar-refractivity contribution in [2.45, 2.75) is 19.0 Å². The van der Waals surface area contributed by atoms with Crippen LogP contribution in [0.2, 0.25) is 0 Å². The maximum atomic E-state index is 11.4. The number of nitrogens with two attached hydrogens (primary N) is 1. The molecule has 0 saturated carbocycles. The van der Waals surface area contributed by atoms with Crippen LogP contribution in [0.15, 0.2) is 25.2 Å². The molecule has 1 rings (SSSR count). The summed E-state index contributed by atoms with van der Waals surface area (Å²) in [5.74, 6) is -1.33. The van der Waals surface area contributed by atoms with Gasteiger partial charge < -0.3 is 20.7 Å². The third-order valence-corrected chi connectivity index (χ3v) is 2.28. The number of hydrogen-bond donors (Lipinski definition) is 3. The summed E-state index contributed by atoms with van der Waals surface area (Å²) in [6, 6.07) is -0.597. The Bertz CT molecular complexity index is 441. The second kappa shape index (κ2) is 6.55. The van der Waals surface area contributed by atoms with Crippen molar-refractivity contribution in [1.82, 2.24) is 14.9 Å². The number of carbonyl (C=O) groups excluding carboxylic acids is 1. The smallest absolute Gasteiger partial charge is 0.356 e. The van der Waals surface area contributed by atoms with Crippen LogP contribution in [0.1, 0.15) is 16.9 Å². The molecule has 1 heterocycles. The van der Waals surface area contributed by atoms with Gasteiger partial charge in [-0.05, 0) is 6.42 Å². The average Bonchev–Trinajstić information content (AvgIpc) is 2.78. The maximum absolute atomic E-state index is 11.4. The third kappa shape index (κ3) is 4.02. The number of imidazole rings is 1. The Balaban J connectivity index is 2.34. The summed E-state index contributed by atoms with van der Waals surface area (Å²) in [5, 5.41) is 11.3. The minimum absolute atomic E-state index is 0.0234. The van der Waals surface area contributed by atoms with E-state index in [0.717, 1.165) is 0 Å². The molecule has 18 heavy (non-hydrogen) atoms. The summed E-state index contributed by atoms with van der Waals surface area (Å²) in [7, 11) is 0. The Morgan fingerprint density at radius 2 is 2.39 bits per heavy atom. The van der Waals surface area contributed by atoms with E-state index in [1.807, 2.05) is 0 Å². The van der Waals surface area contributed by atoms with E-state index < -0.39 is 12.0 Å². The van der Waals surface area contributed by atoms with Gasteiger partial charge in [0.1, 0.15) is 0 Å². The first-order chi connectivity index (χ1) is 8.54. The van der Waals surface area contributed by atoms with Gasteiger partial charge in [0.2, 0.25) is 5.91 Å². The number of nitrogens with zero attached hydrogens (tertiary/aromatic N) is 2. The highest BCUT2D eigenvalue weighted by molar-refractivity contribution is 5.84. The number of amides is 1. The summed E-state index contributed by atoms with van der Waals surface area (Å²) in [6.45, 7) is 4.30. The number of aromatic carboxylic acids is 1. The van der Waals surface area contributed by atoms with Crippen molar-refractivity contribution in [2.24, 2.45) is 5.73 Å². The minimum Gasteiger partial charge on any atom is -0.476 e. The number of rotatable bonds is 7. The van der Waals surface area contributed by atoms with Crippen molar-refractivity contribution in [3.63, 3.8) is 0 Å². The monoisotopic (exact) mass is 252 g/mol. The maximum Gasteiger partial charge on any atom is 0.356 e. The van der Waals surface area contributed by atoms with Crippen molar-refractivity contribution in [1.29, 1.82) is 0 Å². The lowest BCUT2D eigenvalue weighted by atomic mass is 10.2. The zero-order valence-corrected chi connectivity index (χ0v) is 9.87. The van der Waals surface area contributed by atoms with Crippen molar-refractivity contribution in [3.05, 3.63) is 30.9 Å². The lowest BCUT2D eigenvalue weighted by Gasteiger charge is -2.10. The van der Waals surface area contributed by atoms with Crippen LogP contribution in [0.4, 0.5) is 0 Å². The Morgan fingerprint density at radius 1 is 1.67 bits per heavy atom. The molecule has 0 bridgehead atoms. The number of hydrogen-bond acceptors (Lipinski definition) is 4. The van der Waals surface area contributed by atoms with Gasteiger partial charge in [0.15, 0.2) is 5.69 Å². The van der Waals surface area contributed by atoms with Crippen molar-refractivity contribution < 1.29 is 14.7 Å². The second-order valence-corrected chi connectivity index (χ2v) is 3.72. The van der Waals surface area contributed by atoms with E-state index in [-0.39, 0.29) is 11.6 Å². The Kier molecular flexibility index (Phi) is 5.06. The molecule has 0 aromatic carbocycles. The quantitative estimate of drug-likeness (QED) is 0.572. The highest BCUT2D eigenvalue weighted by Crippen LogP contribution is 1.95. The first-order valence-corrected chi connectivity index (χ1v) is 5.44. The van der Waals surface area contributed by atoms with Crippen LogP contribution in [-0.4, -0.2) is 39.1 Å². The summed E-state index contributed by atoms with van der Waals surface area (Å²) in [5.41, 5.74) is 5.55. The van der Waals surface area contributed by atoms with E-state index in [0.29, 0.717) is 19.5 Å². The fourth-order valence-electron chi connectivity index (χ4n) is 1.32. The van der Waals surface area contributed by atoms with E-state index in [1.54, 1.807) is 10.6 Å². The highest BCUT2D eigenvalue weighted by Gasteiger charge is 2.11. The SMILES string of the molecule is C=CCC(N)C(=O)NCCn1cnc(C(=O)O)c1. The standard InChI is InChI=1S/C11H16N4O3/c1-2-3-8(12)10(16)13-4-5-15-6-9(11(17)18)14-7-15/h2,6-8H,1,3-5,12H2,(H,13,16)(H,17,18). The van der Waals surface area contributed by atoms with Gasteiger partial charge in [-0.2, -0.15) is 0 Å². The van der Waals surface area contributed by atoms with Gasteiger partial charge in [-0.3, -0.25) is 4.79 Å². The van der Waals surface area contributed by atoms with E-state index >= 15 is 0 Å². The molecular weight excluding hydrogens is 236 g/mol. The minimum atomic E-state index is -1.08. The van der Waals surface area contributed by atoms with Gasteiger partial charge in [0, 0.05) is 19.3 Å².